The Morgan fingerprint density at radius 2 is 1.85 bits per heavy atom. The molecule has 12 heteroatoms. The first-order valence-electron chi connectivity index (χ1n) is 9.69. The molecule has 0 bridgehead atoms. The summed E-state index contributed by atoms with van der Waals surface area (Å²) in [7, 11) is 0. The van der Waals surface area contributed by atoms with Crippen LogP contribution in [-0.4, -0.2) is 41.4 Å². The SMILES string of the molecule is CCOC(=O)CNC(=O)CCOc1ccc2cnn(-c3c(Cl)cc(C(F)(F)F)cc3Cl)c2c1. The van der Waals surface area contributed by atoms with Gasteiger partial charge in [0.2, 0.25) is 5.91 Å². The Balaban J connectivity index is 1.74. The van der Waals surface area contributed by atoms with Crippen LogP contribution in [0, 0.1) is 0 Å². The molecule has 176 valence electrons. The molecule has 0 radical (unpaired) electrons. The summed E-state index contributed by atoms with van der Waals surface area (Å²) in [6.07, 6.45) is -3.10. The van der Waals surface area contributed by atoms with Gasteiger partial charge >= 0.3 is 12.1 Å². The normalized spacial score (nSPS) is 11.5. The number of halogens is 5. The zero-order chi connectivity index (χ0) is 24.2. The van der Waals surface area contributed by atoms with Gasteiger partial charge in [0.1, 0.15) is 18.0 Å². The molecular formula is C21H18Cl2F3N3O4. The zero-order valence-electron chi connectivity index (χ0n) is 17.2. The summed E-state index contributed by atoms with van der Waals surface area (Å²) >= 11 is 12.2. The maximum atomic E-state index is 13.0. The number of alkyl halides is 3. The maximum Gasteiger partial charge on any atom is 0.416 e. The van der Waals surface area contributed by atoms with E-state index in [-0.39, 0.29) is 41.9 Å². The van der Waals surface area contributed by atoms with E-state index in [1.165, 1.54) is 10.9 Å². The van der Waals surface area contributed by atoms with Gasteiger partial charge in [-0.2, -0.15) is 18.3 Å². The van der Waals surface area contributed by atoms with E-state index in [2.05, 4.69) is 10.4 Å². The van der Waals surface area contributed by atoms with Crippen LogP contribution in [0.3, 0.4) is 0 Å². The Bertz CT molecular complexity index is 1160. The monoisotopic (exact) mass is 503 g/mol. The van der Waals surface area contributed by atoms with Crippen LogP contribution in [0.2, 0.25) is 10.0 Å². The van der Waals surface area contributed by atoms with Gasteiger partial charge in [-0.25, -0.2) is 4.68 Å². The highest BCUT2D eigenvalue weighted by Gasteiger charge is 2.32. The lowest BCUT2D eigenvalue weighted by molar-refractivity contribution is -0.143. The molecule has 0 unspecified atom stereocenters. The lowest BCUT2D eigenvalue weighted by Crippen LogP contribution is -2.31. The standard InChI is InChI=1S/C21H18Cl2F3N3O4/c1-2-32-19(31)11-27-18(30)5-6-33-14-4-3-12-10-28-29(17(12)9-14)20-15(22)7-13(8-16(20)23)21(24,25)26/h3-4,7-10H,2,5-6,11H2,1H3,(H,27,30). The van der Waals surface area contributed by atoms with Crippen LogP contribution >= 0.6 is 23.2 Å². The van der Waals surface area contributed by atoms with Crippen molar-refractivity contribution in [3.63, 3.8) is 0 Å². The minimum absolute atomic E-state index is 0.00668. The van der Waals surface area contributed by atoms with E-state index in [0.717, 1.165) is 12.1 Å². The highest BCUT2D eigenvalue weighted by molar-refractivity contribution is 6.38. The molecule has 0 saturated carbocycles. The molecule has 0 aliphatic carbocycles. The predicted molar refractivity (Wildman–Crippen MR) is 116 cm³/mol. The molecule has 1 N–H and O–H groups in total. The average Bonchev–Trinajstić information content (AvgIpc) is 3.14. The Labute approximate surface area is 196 Å². The zero-order valence-corrected chi connectivity index (χ0v) is 18.7. The highest BCUT2D eigenvalue weighted by atomic mass is 35.5. The van der Waals surface area contributed by atoms with E-state index in [1.54, 1.807) is 25.1 Å². The first-order chi connectivity index (χ1) is 15.6. The molecule has 0 spiro atoms. The van der Waals surface area contributed by atoms with E-state index in [9.17, 15) is 22.8 Å². The summed E-state index contributed by atoms with van der Waals surface area (Å²) in [5.74, 6) is -0.537. The summed E-state index contributed by atoms with van der Waals surface area (Å²) < 4.78 is 50.7. The number of aromatic nitrogens is 2. The summed E-state index contributed by atoms with van der Waals surface area (Å²) in [6.45, 7) is 1.68. The Kier molecular flexibility index (Phi) is 7.70. The number of esters is 1. The van der Waals surface area contributed by atoms with E-state index < -0.39 is 23.6 Å². The second-order valence-corrected chi connectivity index (χ2v) is 7.56. The van der Waals surface area contributed by atoms with E-state index in [1.807, 2.05) is 0 Å². The van der Waals surface area contributed by atoms with Gasteiger partial charge in [0.25, 0.3) is 0 Å². The molecule has 1 amide bonds. The summed E-state index contributed by atoms with van der Waals surface area (Å²) in [5.41, 5.74) is -0.386. The van der Waals surface area contributed by atoms with Gasteiger partial charge in [0, 0.05) is 11.5 Å². The number of benzene rings is 2. The molecule has 2 aromatic carbocycles. The number of rotatable bonds is 8. The number of hydrogen-bond donors (Lipinski definition) is 1. The van der Waals surface area contributed by atoms with E-state index in [0.29, 0.717) is 16.7 Å². The van der Waals surface area contributed by atoms with Crippen molar-refractivity contribution in [2.24, 2.45) is 0 Å². The van der Waals surface area contributed by atoms with E-state index in [4.69, 9.17) is 32.7 Å². The molecule has 0 aliphatic rings. The van der Waals surface area contributed by atoms with Gasteiger partial charge in [0.15, 0.2) is 0 Å². The third kappa shape index (κ3) is 6.08. The second-order valence-electron chi connectivity index (χ2n) is 6.74. The average molecular weight is 504 g/mol. The third-order valence-corrected chi connectivity index (χ3v) is 5.01. The smallest absolute Gasteiger partial charge is 0.416 e. The van der Waals surface area contributed by atoms with Gasteiger partial charge in [-0.1, -0.05) is 23.2 Å². The van der Waals surface area contributed by atoms with Gasteiger partial charge in [-0.05, 0) is 31.2 Å². The molecule has 0 aliphatic heterocycles. The summed E-state index contributed by atoms with van der Waals surface area (Å²) in [4.78, 5) is 23.1. The Morgan fingerprint density at radius 3 is 2.48 bits per heavy atom. The molecule has 3 aromatic rings. The number of hydrogen-bond acceptors (Lipinski definition) is 5. The van der Waals surface area contributed by atoms with Crippen molar-refractivity contribution in [2.45, 2.75) is 19.5 Å². The molecule has 0 saturated heterocycles. The van der Waals surface area contributed by atoms with Crippen molar-refractivity contribution in [3.05, 3.63) is 52.1 Å². The predicted octanol–water partition coefficient (Wildman–Crippen LogP) is 4.80. The van der Waals surface area contributed by atoms with Crippen LogP contribution in [0.1, 0.15) is 18.9 Å². The lowest BCUT2D eigenvalue weighted by atomic mass is 10.2. The fourth-order valence-corrected chi connectivity index (χ4v) is 3.58. The fourth-order valence-electron chi connectivity index (χ4n) is 2.93. The number of carbonyl (C=O) groups excluding carboxylic acids is 2. The van der Waals surface area contributed by atoms with Gasteiger partial charge in [-0.15, -0.1) is 0 Å². The number of fused-ring (bicyclic) bond motifs is 1. The third-order valence-electron chi connectivity index (χ3n) is 4.43. The highest BCUT2D eigenvalue weighted by Crippen LogP contribution is 2.38. The minimum atomic E-state index is -4.60. The molecule has 1 aromatic heterocycles. The molecule has 0 fully saturated rings. The van der Waals surface area contributed by atoms with Gasteiger partial charge < -0.3 is 14.8 Å². The number of nitrogens with one attached hydrogen (secondary N) is 1. The van der Waals surface area contributed by atoms with E-state index >= 15 is 0 Å². The van der Waals surface area contributed by atoms with Crippen LogP contribution in [0.25, 0.3) is 16.6 Å². The second kappa shape index (κ2) is 10.3. The minimum Gasteiger partial charge on any atom is -0.493 e. The molecule has 3 rings (SSSR count). The maximum absolute atomic E-state index is 13.0. The number of carbonyl (C=O) groups is 2. The largest absolute Gasteiger partial charge is 0.493 e. The molecule has 7 nitrogen and oxygen atoms in total. The van der Waals surface area contributed by atoms with Crippen LogP contribution in [0.15, 0.2) is 36.5 Å². The Morgan fingerprint density at radius 1 is 1.15 bits per heavy atom. The topological polar surface area (TPSA) is 82.4 Å². The van der Waals surface area contributed by atoms with Crippen LogP contribution < -0.4 is 10.1 Å². The number of amides is 1. The molecule has 1 heterocycles. The number of ether oxygens (including phenoxy) is 2. The summed E-state index contributed by atoms with van der Waals surface area (Å²) in [6, 6.07) is 6.52. The van der Waals surface area contributed by atoms with Crippen molar-refractivity contribution in [2.75, 3.05) is 19.8 Å². The van der Waals surface area contributed by atoms with Crippen LogP contribution in [0.4, 0.5) is 13.2 Å². The quantitative estimate of drug-likeness (QED) is 0.446. The fraction of sp³-hybridized carbons (Fsp3) is 0.286. The molecule has 33 heavy (non-hydrogen) atoms. The van der Waals surface area contributed by atoms with Crippen molar-refractivity contribution >= 4 is 46.0 Å². The molecule has 0 atom stereocenters. The first-order valence-corrected chi connectivity index (χ1v) is 10.4. The lowest BCUT2D eigenvalue weighted by Gasteiger charge is -2.13. The molecular weight excluding hydrogens is 486 g/mol. The van der Waals surface area contributed by atoms with Crippen molar-refractivity contribution in [1.82, 2.24) is 15.1 Å². The number of nitrogens with zero attached hydrogens (tertiary/aromatic N) is 2. The Hall–Kier alpha value is -2.98. The van der Waals surface area contributed by atoms with Crippen molar-refractivity contribution < 1.29 is 32.2 Å². The van der Waals surface area contributed by atoms with Crippen molar-refractivity contribution in [1.29, 1.82) is 0 Å². The van der Waals surface area contributed by atoms with Crippen molar-refractivity contribution in [3.8, 4) is 11.4 Å². The summed E-state index contributed by atoms with van der Waals surface area (Å²) in [5, 5.41) is 6.84. The first kappa shape index (κ1) is 24.7. The van der Waals surface area contributed by atoms with Crippen LogP contribution in [0.5, 0.6) is 5.75 Å². The van der Waals surface area contributed by atoms with Gasteiger partial charge in [-0.3, -0.25) is 9.59 Å². The van der Waals surface area contributed by atoms with Crippen LogP contribution in [-0.2, 0) is 20.5 Å². The van der Waals surface area contributed by atoms with Gasteiger partial charge in [0.05, 0.1) is 47.0 Å².